The number of urea groups is 1. The number of primary amides is 1. The lowest BCUT2D eigenvalue weighted by atomic mass is 9.95. The van der Waals surface area contributed by atoms with Gasteiger partial charge in [-0.15, -0.1) is 0 Å². The van der Waals surface area contributed by atoms with Crippen LogP contribution >= 0.6 is 0 Å². The Labute approximate surface area is 204 Å². The molecular weight excluding hydrogens is 442 g/mol. The van der Waals surface area contributed by atoms with E-state index in [0.717, 1.165) is 11.1 Å². The van der Waals surface area contributed by atoms with Crippen molar-refractivity contribution in [2.24, 2.45) is 5.73 Å². The average Bonchev–Trinajstić information content (AvgIpc) is 2.85. The number of amides is 3. The SMILES string of the molecule is CN(C)C(CCC(NC(N)=O)c1ccc(C(=O)Nc2ccccc2N)nc1)c1ccc(C#N)cc1. The van der Waals surface area contributed by atoms with Gasteiger partial charge < -0.3 is 27.0 Å². The Kier molecular flexibility index (Phi) is 8.38. The van der Waals surface area contributed by atoms with Crippen LogP contribution < -0.4 is 22.1 Å². The fraction of sp³-hybridized carbons (Fsp3) is 0.231. The molecule has 6 N–H and O–H groups in total. The van der Waals surface area contributed by atoms with Crippen LogP contribution in [0.5, 0.6) is 0 Å². The zero-order valence-electron chi connectivity index (χ0n) is 19.7. The molecule has 9 nitrogen and oxygen atoms in total. The van der Waals surface area contributed by atoms with Crippen LogP contribution in [-0.4, -0.2) is 35.9 Å². The first-order chi connectivity index (χ1) is 16.8. The summed E-state index contributed by atoms with van der Waals surface area (Å²) in [6, 6.07) is 19.0. The lowest BCUT2D eigenvalue weighted by Gasteiger charge is -2.27. The molecule has 3 amide bonds. The van der Waals surface area contributed by atoms with Crippen LogP contribution in [0.25, 0.3) is 0 Å². The third-order valence-corrected chi connectivity index (χ3v) is 5.72. The normalized spacial score (nSPS) is 12.4. The predicted molar refractivity (Wildman–Crippen MR) is 135 cm³/mol. The first kappa shape index (κ1) is 25.2. The van der Waals surface area contributed by atoms with Gasteiger partial charge in [-0.25, -0.2) is 4.79 Å². The number of nitrogens with two attached hydrogens (primary N) is 2. The van der Waals surface area contributed by atoms with Crippen molar-refractivity contribution in [3.05, 3.63) is 89.2 Å². The van der Waals surface area contributed by atoms with Gasteiger partial charge in [0.25, 0.3) is 5.91 Å². The number of benzene rings is 2. The van der Waals surface area contributed by atoms with Gasteiger partial charge in [0.05, 0.1) is 29.0 Å². The number of carbonyl (C=O) groups is 2. The van der Waals surface area contributed by atoms with Crippen LogP contribution in [0.3, 0.4) is 0 Å². The summed E-state index contributed by atoms with van der Waals surface area (Å²) in [5, 5.41) is 14.6. The molecule has 0 saturated heterocycles. The Balaban J connectivity index is 1.73. The minimum Gasteiger partial charge on any atom is -0.397 e. The van der Waals surface area contributed by atoms with Crippen molar-refractivity contribution in [3.63, 3.8) is 0 Å². The van der Waals surface area contributed by atoms with Gasteiger partial charge in [-0.2, -0.15) is 5.26 Å². The number of para-hydroxylation sites is 2. The second-order valence-corrected chi connectivity index (χ2v) is 8.37. The Bertz CT molecular complexity index is 1200. The zero-order chi connectivity index (χ0) is 25.4. The van der Waals surface area contributed by atoms with E-state index in [2.05, 4.69) is 26.6 Å². The van der Waals surface area contributed by atoms with E-state index >= 15 is 0 Å². The second-order valence-electron chi connectivity index (χ2n) is 8.37. The fourth-order valence-electron chi connectivity index (χ4n) is 3.86. The number of nitrogens with zero attached hydrogens (tertiary/aromatic N) is 3. The van der Waals surface area contributed by atoms with Crippen molar-refractivity contribution in [1.29, 1.82) is 5.26 Å². The Morgan fingerprint density at radius 3 is 2.29 bits per heavy atom. The molecule has 0 bridgehead atoms. The van der Waals surface area contributed by atoms with Crippen LogP contribution in [-0.2, 0) is 0 Å². The van der Waals surface area contributed by atoms with Crippen molar-refractivity contribution >= 4 is 23.3 Å². The standard InChI is InChI=1S/C26H29N7O2/c1-33(2)24(18-9-7-17(15-27)8-10-18)14-13-21(32-26(29)35)19-11-12-23(30-16-19)25(34)31-22-6-4-3-5-20(22)28/h3-12,16,21,24H,13-14,28H2,1-2H3,(H,31,34)(H3,29,32,35). The molecule has 35 heavy (non-hydrogen) atoms. The molecule has 9 heteroatoms. The molecule has 1 heterocycles. The summed E-state index contributed by atoms with van der Waals surface area (Å²) in [6.45, 7) is 0. The summed E-state index contributed by atoms with van der Waals surface area (Å²) in [6.07, 6.45) is 2.86. The maximum atomic E-state index is 12.6. The van der Waals surface area contributed by atoms with E-state index in [1.54, 1.807) is 54.7 Å². The average molecular weight is 472 g/mol. The number of anilines is 2. The minimum absolute atomic E-state index is 0.0641. The predicted octanol–water partition coefficient (Wildman–Crippen LogP) is 3.58. The van der Waals surface area contributed by atoms with E-state index in [1.165, 1.54) is 0 Å². The molecule has 0 radical (unpaired) electrons. The Morgan fingerprint density at radius 2 is 1.71 bits per heavy atom. The topological polar surface area (TPSA) is 150 Å². The summed E-state index contributed by atoms with van der Waals surface area (Å²) in [5.74, 6) is -0.387. The Morgan fingerprint density at radius 1 is 1.03 bits per heavy atom. The lowest BCUT2D eigenvalue weighted by molar-refractivity contribution is 0.102. The molecule has 3 rings (SSSR count). The Hall–Kier alpha value is -4.42. The number of pyridine rings is 1. The smallest absolute Gasteiger partial charge is 0.312 e. The van der Waals surface area contributed by atoms with Crippen molar-refractivity contribution in [2.75, 3.05) is 25.1 Å². The van der Waals surface area contributed by atoms with Crippen molar-refractivity contribution in [2.45, 2.75) is 24.9 Å². The first-order valence-electron chi connectivity index (χ1n) is 11.1. The lowest BCUT2D eigenvalue weighted by Crippen LogP contribution is -2.34. The second kappa shape index (κ2) is 11.6. The zero-order valence-corrected chi connectivity index (χ0v) is 19.7. The number of carbonyl (C=O) groups excluding carboxylic acids is 2. The highest BCUT2D eigenvalue weighted by Gasteiger charge is 2.20. The molecule has 0 spiro atoms. The van der Waals surface area contributed by atoms with Crippen LogP contribution in [0, 0.1) is 11.3 Å². The molecule has 1 aromatic heterocycles. The molecule has 0 aliphatic heterocycles. The van der Waals surface area contributed by atoms with Gasteiger partial charge in [-0.3, -0.25) is 9.78 Å². The van der Waals surface area contributed by atoms with E-state index < -0.39 is 6.03 Å². The third-order valence-electron chi connectivity index (χ3n) is 5.72. The van der Waals surface area contributed by atoms with Crippen LogP contribution in [0.15, 0.2) is 66.9 Å². The number of hydrogen-bond acceptors (Lipinski definition) is 6. The number of rotatable bonds is 9. The number of hydrogen-bond donors (Lipinski definition) is 4. The van der Waals surface area contributed by atoms with Gasteiger partial charge in [0, 0.05) is 12.2 Å². The van der Waals surface area contributed by atoms with Gasteiger partial charge in [0.1, 0.15) is 5.69 Å². The molecule has 180 valence electrons. The van der Waals surface area contributed by atoms with Gasteiger partial charge in [-0.05, 0) is 68.4 Å². The third kappa shape index (κ3) is 6.79. The molecular formula is C26H29N7O2. The molecule has 2 atom stereocenters. The largest absolute Gasteiger partial charge is 0.397 e. The number of nitriles is 1. The highest BCUT2D eigenvalue weighted by molar-refractivity contribution is 6.04. The van der Waals surface area contributed by atoms with Crippen molar-refractivity contribution < 1.29 is 9.59 Å². The van der Waals surface area contributed by atoms with Crippen molar-refractivity contribution in [3.8, 4) is 6.07 Å². The first-order valence-corrected chi connectivity index (χ1v) is 11.1. The molecule has 0 aliphatic carbocycles. The summed E-state index contributed by atoms with van der Waals surface area (Å²) in [5.41, 5.74) is 14.9. The number of nitrogens with one attached hydrogen (secondary N) is 2. The summed E-state index contributed by atoms with van der Waals surface area (Å²) in [4.78, 5) is 30.6. The van der Waals surface area contributed by atoms with E-state index in [4.69, 9.17) is 16.7 Å². The number of aromatic nitrogens is 1. The molecule has 2 aromatic carbocycles. The quantitative estimate of drug-likeness (QED) is 0.350. The molecule has 2 unspecified atom stereocenters. The maximum Gasteiger partial charge on any atom is 0.312 e. The van der Waals surface area contributed by atoms with Crippen LogP contribution in [0.1, 0.15) is 52.1 Å². The molecule has 0 saturated carbocycles. The summed E-state index contributed by atoms with van der Waals surface area (Å²) >= 11 is 0. The van der Waals surface area contributed by atoms with E-state index in [9.17, 15) is 9.59 Å². The van der Waals surface area contributed by atoms with E-state index in [0.29, 0.717) is 29.8 Å². The number of nitrogen functional groups attached to an aromatic ring is 1. The highest BCUT2D eigenvalue weighted by Crippen LogP contribution is 2.28. The van der Waals surface area contributed by atoms with Crippen LogP contribution in [0.2, 0.25) is 0 Å². The van der Waals surface area contributed by atoms with Gasteiger partial charge in [0.15, 0.2) is 0 Å². The van der Waals surface area contributed by atoms with E-state index in [-0.39, 0.29) is 23.7 Å². The van der Waals surface area contributed by atoms with Gasteiger partial charge in [0.2, 0.25) is 0 Å². The van der Waals surface area contributed by atoms with Crippen molar-refractivity contribution in [1.82, 2.24) is 15.2 Å². The van der Waals surface area contributed by atoms with Crippen LogP contribution in [0.4, 0.5) is 16.2 Å². The minimum atomic E-state index is -0.642. The molecule has 0 aliphatic rings. The summed E-state index contributed by atoms with van der Waals surface area (Å²) in [7, 11) is 3.96. The van der Waals surface area contributed by atoms with E-state index in [1.807, 2.05) is 26.2 Å². The highest BCUT2D eigenvalue weighted by atomic mass is 16.2. The fourth-order valence-corrected chi connectivity index (χ4v) is 3.86. The summed E-state index contributed by atoms with van der Waals surface area (Å²) < 4.78 is 0. The molecule has 0 fully saturated rings. The van der Waals surface area contributed by atoms with Gasteiger partial charge >= 0.3 is 6.03 Å². The van der Waals surface area contributed by atoms with Gasteiger partial charge in [-0.1, -0.05) is 30.3 Å². The maximum absolute atomic E-state index is 12.6. The molecule has 3 aromatic rings. The monoisotopic (exact) mass is 471 g/mol.